The van der Waals surface area contributed by atoms with E-state index in [4.69, 9.17) is 11.5 Å². The Kier molecular flexibility index (Phi) is 3.71. The molecule has 3 rings (SSSR count). The molecule has 0 aliphatic carbocycles. The Morgan fingerprint density at radius 3 is 2.83 bits per heavy atom. The number of hydrogen-bond donors (Lipinski definition) is 2. The molecule has 0 aliphatic rings. The molecule has 8 nitrogen and oxygen atoms in total. The maximum atomic E-state index is 10.9. The number of rotatable bonds is 4. The minimum absolute atomic E-state index is 0.0693. The zero-order valence-corrected chi connectivity index (χ0v) is 12.5. The molecule has 0 spiro atoms. The van der Waals surface area contributed by atoms with Crippen LogP contribution in [0.25, 0.3) is 11.2 Å². The summed E-state index contributed by atoms with van der Waals surface area (Å²) in [7, 11) is 1.90. The molecule has 0 amide bonds. The Hall–Kier alpha value is -3.29. The predicted octanol–water partition coefficient (Wildman–Crippen LogP) is 1.03. The van der Waals surface area contributed by atoms with E-state index in [-0.39, 0.29) is 11.8 Å². The van der Waals surface area contributed by atoms with Crippen molar-refractivity contribution in [2.24, 2.45) is 0 Å². The highest BCUT2D eigenvalue weighted by Gasteiger charge is 2.10. The summed E-state index contributed by atoms with van der Waals surface area (Å²) in [5, 5.41) is 0. The second-order valence-corrected chi connectivity index (χ2v) is 5.07. The average molecular weight is 309 g/mol. The van der Waals surface area contributed by atoms with Crippen LogP contribution in [0.3, 0.4) is 0 Å². The SMILES string of the molecule is CN(Cc1cnc2nc(N)nc(N)c2n1)c1cccc(C=O)c1. The standard InChI is InChI=1S/C15H15N7O/c1-22(11-4-2-3-9(5-11)8-23)7-10-6-18-14-12(19-10)13(16)20-15(17)21-14/h2-6,8H,7H2,1H3,(H4,16,17,18,20,21). The number of anilines is 3. The van der Waals surface area contributed by atoms with Crippen LogP contribution in [0.1, 0.15) is 16.1 Å². The zero-order valence-electron chi connectivity index (χ0n) is 12.5. The number of benzene rings is 1. The van der Waals surface area contributed by atoms with Gasteiger partial charge < -0.3 is 16.4 Å². The van der Waals surface area contributed by atoms with E-state index in [9.17, 15) is 4.79 Å². The predicted molar refractivity (Wildman–Crippen MR) is 87.9 cm³/mol. The van der Waals surface area contributed by atoms with Crippen LogP contribution >= 0.6 is 0 Å². The van der Waals surface area contributed by atoms with Gasteiger partial charge in [-0.05, 0) is 12.1 Å². The van der Waals surface area contributed by atoms with Crippen molar-refractivity contribution in [3.63, 3.8) is 0 Å². The molecule has 3 aromatic rings. The van der Waals surface area contributed by atoms with Gasteiger partial charge in [-0.3, -0.25) is 4.79 Å². The van der Waals surface area contributed by atoms with E-state index in [0.717, 1.165) is 12.0 Å². The van der Waals surface area contributed by atoms with Gasteiger partial charge in [0.05, 0.1) is 18.4 Å². The summed E-state index contributed by atoms with van der Waals surface area (Å²) < 4.78 is 0. The monoisotopic (exact) mass is 309 g/mol. The lowest BCUT2D eigenvalue weighted by Gasteiger charge is -2.19. The molecule has 116 valence electrons. The summed E-state index contributed by atoms with van der Waals surface area (Å²) in [6.45, 7) is 0.495. The first-order chi connectivity index (χ1) is 11.1. The maximum Gasteiger partial charge on any atom is 0.224 e. The van der Waals surface area contributed by atoms with E-state index >= 15 is 0 Å². The van der Waals surface area contributed by atoms with Crippen molar-refractivity contribution in [3.8, 4) is 0 Å². The van der Waals surface area contributed by atoms with Crippen LogP contribution in [0.4, 0.5) is 17.5 Å². The minimum Gasteiger partial charge on any atom is -0.382 e. The second kappa shape index (κ2) is 5.84. The van der Waals surface area contributed by atoms with E-state index < -0.39 is 0 Å². The molecule has 0 bridgehead atoms. The van der Waals surface area contributed by atoms with Gasteiger partial charge in [0.2, 0.25) is 5.95 Å². The molecule has 0 fully saturated rings. The first kappa shape index (κ1) is 14.6. The molecule has 0 saturated carbocycles. The minimum atomic E-state index is 0.0693. The van der Waals surface area contributed by atoms with E-state index in [1.54, 1.807) is 18.3 Å². The Balaban J connectivity index is 1.90. The molecule has 0 unspecified atom stereocenters. The lowest BCUT2D eigenvalue weighted by Crippen LogP contribution is -2.18. The third-order valence-electron chi connectivity index (χ3n) is 3.35. The largest absolute Gasteiger partial charge is 0.382 e. The summed E-state index contributed by atoms with van der Waals surface area (Å²) >= 11 is 0. The second-order valence-electron chi connectivity index (χ2n) is 5.07. The number of fused-ring (bicyclic) bond motifs is 1. The number of carbonyl (C=O) groups excluding carboxylic acids is 1. The van der Waals surface area contributed by atoms with E-state index in [1.165, 1.54) is 0 Å². The van der Waals surface area contributed by atoms with Gasteiger partial charge in [-0.15, -0.1) is 0 Å². The molecule has 1 aromatic carbocycles. The van der Waals surface area contributed by atoms with Crippen LogP contribution in [-0.2, 0) is 6.54 Å². The summed E-state index contributed by atoms with van der Waals surface area (Å²) in [6.07, 6.45) is 2.43. The highest BCUT2D eigenvalue weighted by molar-refractivity contribution is 5.81. The zero-order chi connectivity index (χ0) is 16.4. The molecule has 8 heteroatoms. The normalized spacial score (nSPS) is 10.7. The molecule has 2 aromatic heterocycles. The van der Waals surface area contributed by atoms with Crippen molar-refractivity contribution in [1.82, 2.24) is 19.9 Å². The van der Waals surface area contributed by atoms with Crippen LogP contribution in [-0.4, -0.2) is 33.3 Å². The fourth-order valence-electron chi connectivity index (χ4n) is 2.23. The van der Waals surface area contributed by atoms with E-state index in [1.807, 2.05) is 24.1 Å². The number of carbonyl (C=O) groups is 1. The van der Waals surface area contributed by atoms with Gasteiger partial charge in [-0.25, -0.2) is 9.97 Å². The molecule has 0 aliphatic heterocycles. The lowest BCUT2D eigenvalue weighted by molar-refractivity contribution is 0.112. The van der Waals surface area contributed by atoms with Crippen LogP contribution in [0, 0.1) is 0 Å². The summed E-state index contributed by atoms with van der Waals surface area (Å²) in [5.41, 5.74) is 14.4. The van der Waals surface area contributed by atoms with Gasteiger partial charge in [-0.2, -0.15) is 9.97 Å². The van der Waals surface area contributed by atoms with Gasteiger partial charge in [0, 0.05) is 18.3 Å². The maximum absolute atomic E-state index is 10.9. The van der Waals surface area contributed by atoms with E-state index in [0.29, 0.717) is 29.0 Å². The highest BCUT2D eigenvalue weighted by atomic mass is 16.1. The van der Waals surface area contributed by atoms with Crippen molar-refractivity contribution >= 4 is 34.9 Å². The van der Waals surface area contributed by atoms with Crippen molar-refractivity contribution in [1.29, 1.82) is 0 Å². The van der Waals surface area contributed by atoms with Gasteiger partial charge in [0.25, 0.3) is 0 Å². The Labute approximate surface area is 132 Å². The van der Waals surface area contributed by atoms with Crippen molar-refractivity contribution in [2.45, 2.75) is 6.54 Å². The Bertz CT molecular complexity index is 881. The van der Waals surface area contributed by atoms with Crippen molar-refractivity contribution in [2.75, 3.05) is 23.4 Å². The van der Waals surface area contributed by atoms with Gasteiger partial charge in [-0.1, -0.05) is 12.1 Å². The topological polar surface area (TPSA) is 124 Å². The van der Waals surface area contributed by atoms with Crippen molar-refractivity contribution < 1.29 is 4.79 Å². The molecule has 2 heterocycles. The van der Waals surface area contributed by atoms with Gasteiger partial charge >= 0.3 is 0 Å². The number of nitrogens with zero attached hydrogens (tertiary/aromatic N) is 5. The number of aromatic nitrogens is 4. The molecule has 0 saturated heterocycles. The molecule has 0 atom stereocenters. The average Bonchev–Trinajstić information content (AvgIpc) is 2.55. The molecule has 23 heavy (non-hydrogen) atoms. The first-order valence-electron chi connectivity index (χ1n) is 6.88. The highest BCUT2D eigenvalue weighted by Crippen LogP contribution is 2.18. The third kappa shape index (κ3) is 3.00. The molecular formula is C15H15N7O. The lowest BCUT2D eigenvalue weighted by atomic mass is 10.2. The van der Waals surface area contributed by atoms with Crippen molar-refractivity contribution in [3.05, 3.63) is 41.7 Å². The Morgan fingerprint density at radius 1 is 1.22 bits per heavy atom. The van der Waals surface area contributed by atoms with Crippen LogP contribution in [0.15, 0.2) is 30.5 Å². The number of nitrogens with two attached hydrogens (primary N) is 2. The fraction of sp³-hybridized carbons (Fsp3) is 0.133. The first-order valence-corrected chi connectivity index (χ1v) is 6.88. The van der Waals surface area contributed by atoms with E-state index in [2.05, 4.69) is 19.9 Å². The van der Waals surface area contributed by atoms with Crippen LogP contribution < -0.4 is 16.4 Å². The third-order valence-corrected chi connectivity index (χ3v) is 3.35. The van der Waals surface area contributed by atoms with Crippen LogP contribution in [0.5, 0.6) is 0 Å². The van der Waals surface area contributed by atoms with Gasteiger partial charge in [0.1, 0.15) is 6.29 Å². The summed E-state index contributed by atoms with van der Waals surface area (Å²) in [5.74, 6) is 0.271. The number of aldehydes is 1. The summed E-state index contributed by atoms with van der Waals surface area (Å²) in [4.78, 5) is 29.4. The Morgan fingerprint density at radius 2 is 2.04 bits per heavy atom. The van der Waals surface area contributed by atoms with Crippen LogP contribution in [0.2, 0.25) is 0 Å². The number of hydrogen-bond acceptors (Lipinski definition) is 8. The smallest absolute Gasteiger partial charge is 0.224 e. The molecular weight excluding hydrogens is 294 g/mol. The molecule has 4 N–H and O–H groups in total. The number of nitrogen functional groups attached to an aromatic ring is 2. The fourth-order valence-corrected chi connectivity index (χ4v) is 2.23. The quantitative estimate of drug-likeness (QED) is 0.685. The van der Waals surface area contributed by atoms with Gasteiger partial charge in [0.15, 0.2) is 17.0 Å². The summed E-state index contributed by atoms with van der Waals surface area (Å²) in [6, 6.07) is 7.30. The molecule has 0 radical (unpaired) electrons.